The Morgan fingerprint density at radius 1 is 1.33 bits per heavy atom. The van der Waals surface area contributed by atoms with Gasteiger partial charge in [-0.1, -0.05) is 12.1 Å². The summed E-state index contributed by atoms with van der Waals surface area (Å²) < 4.78 is 4.59. The van der Waals surface area contributed by atoms with Crippen LogP contribution in [0.2, 0.25) is 0 Å². The first-order valence-corrected chi connectivity index (χ1v) is 4.36. The van der Waals surface area contributed by atoms with Gasteiger partial charge >= 0.3 is 5.97 Å². The first-order valence-electron chi connectivity index (χ1n) is 4.36. The van der Waals surface area contributed by atoms with E-state index >= 15 is 0 Å². The number of hydrogen-bond donors (Lipinski definition) is 2. The van der Waals surface area contributed by atoms with Gasteiger partial charge in [-0.3, -0.25) is 9.59 Å². The van der Waals surface area contributed by atoms with Crippen LogP contribution in [0.15, 0.2) is 24.3 Å². The predicted molar refractivity (Wildman–Crippen MR) is 54.7 cm³/mol. The number of esters is 1. The van der Waals surface area contributed by atoms with Gasteiger partial charge in [0.1, 0.15) is 0 Å². The Balaban J connectivity index is 2.48. The molecule has 1 aromatic rings. The van der Waals surface area contributed by atoms with Crippen LogP contribution in [-0.4, -0.2) is 18.5 Å². The Hall–Kier alpha value is -2.04. The van der Waals surface area contributed by atoms with E-state index in [1.54, 1.807) is 24.3 Å². The number of ether oxygens (including phenoxy) is 1. The molecule has 0 saturated heterocycles. The molecule has 0 heterocycles. The zero-order chi connectivity index (χ0) is 11.3. The number of benzene rings is 1. The van der Waals surface area contributed by atoms with Gasteiger partial charge in [0, 0.05) is 5.69 Å². The number of nitrogens with two attached hydrogens (primary N) is 2. The van der Waals surface area contributed by atoms with E-state index < -0.39 is 11.9 Å². The fourth-order valence-corrected chi connectivity index (χ4v) is 1.07. The Morgan fingerprint density at radius 3 is 2.67 bits per heavy atom. The molecule has 0 saturated carbocycles. The quantitative estimate of drug-likeness (QED) is 0.531. The highest BCUT2D eigenvalue weighted by Crippen LogP contribution is 2.07. The van der Waals surface area contributed by atoms with Gasteiger partial charge in [0.2, 0.25) is 0 Å². The zero-order valence-electron chi connectivity index (χ0n) is 8.10. The van der Waals surface area contributed by atoms with E-state index in [0.29, 0.717) is 5.69 Å². The normalized spacial score (nSPS) is 9.60. The molecule has 0 aliphatic carbocycles. The second-order valence-electron chi connectivity index (χ2n) is 3.05. The molecule has 5 heteroatoms. The number of hydrogen-bond acceptors (Lipinski definition) is 4. The summed E-state index contributed by atoms with van der Waals surface area (Å²) in [5.74, 6) is -1.17. The molecular formula is C10H12N2O3. The van der Waals surface area contributed by atoms with E-state index in [4.69, 9.17) is 11.5 Å². The molecule has 0 atom stereocenters. The fourth-order valence-electron chi connectivity index (χ4n) is 1.07. The van der Waals surface area contributed by atoms with Crippen LogP contribution < -0.4 is 11.5 Å². The molecule has 0 fully saturated rings. The van der Waals surface area contributed by atoms with Crippen LogP contribution in [0.25, 0.3) is 0 Å². The van der Waals surface area contributed by atoms with Crippen molar-refractivity contribution in [2.45, 2.75) is 6.42 Å². The number of nitrogen functional groups attached to an aromatic ring is 1. The summed E-state index contributed by atoms with van der Waals surface area (Å²) in [4.78, 5) is 21.5. The van der Waals surface area contributed by atoms with Crippen LogP contribution in [-0.2, 0) is 20.7 Å². The molecule has 1 rings (SSSR count). The third-order valence-electron chi connectivity index (χ3n) is 1.67. The van der Waals surface area contributed by atoms with Crippen molar-refractivity contribution in [3.05, 3.63) is 29.8 Å². The van der Waals surface area contributed by atoms with Crippen LogP contribution >= 0.6 is 0 Å². The van der Waals surface area contributed by atoms with Crippen LogP contribution in [0.5, 0.6) is 0 Å². The van der Waals surface area contributed by atoms with Gasteiger partial charge in [0.25, 0.3) is 5.91 Å². The van der Waals surface area contributed by atoms with Gasteiger partial charge < -0.3 is 16.2 Å². The van der Waals surface area contributed by atoms with E-state index in [2.05, 4.69) is 4.74 Å². The second-order valence-corrected chi connectivity index (χ2v) is 3.05. The number of amides is 1. The van der Waals surface area contributed by atoms with Crippen molar-refractivity contribution in [1.29, 1.82) is 0 Å². The lowest BCUT2D eigenvalue weighted by Crippen LogP contribution is -2.21. The molecule has 0 radical (unpaired) electrons. The molecule has 0 bridgehead atoms. The minimum Gasteiger partial charge on any atom is -0.455 e. The monoisotopic (exact) mass is 208 g/mol. The highest BCUT2D eigenvalue weighted by Gasteiger charge is 2.06. The fraction of sp³-hybridized carbons (Fsp3) is 0.200. The molecule has 4 N–H and O–H groups in total. The molecule has 0 aliphatic heterocycles. The van der Waals surface area contributed by atoms with Gasteiger partial charge in [-0.25, -0.2) is 0 Å². The summed E-state index contributed by atoms with van der Waals surface area (Å²) in [6.45, 7) is -0.388. The third kappa shape index (κ3) is 4.12. The Labute approximate surface area is 87.0 Å². The molecule has 0 spiro atoms. The molecular weight excluding hydrogens is 196 g/mol. The van der Waals surface area contributed by atoms with Gasteiger partial charge in [-0.05, 0) is 17.7 Å². The lowest BCUT2D eigenvalue weighted by Gasteiger charge is -2.03. The molecule has 1 aromatic carbocycles. The summed E-state index contributed by atoms with van der Waals surface area (Å²) >= 11 is 0. The summed E-state index contributed by atoms with van der Waals surface area (Å²) in [5.41, 5.74) is 11.7. The first-order chi connectivity index (χ1) is 7.08. The van der Waals surface area contributed by atoms with Crippen molar-refractivity contribution in [3.8, 4) is 0 Å². The Bertz CT molecular complexity index is 377. The van der Waals surface area contributed by atoms with Gasteiger partial charge in [-0.15, -0.1) is 0 Å². The van der Waals surface area contributed by atoms with E-state index in [9.17, 15) is 9.59 Å². The predicted octanol–water partition coefficient (Wildman–Crippen LogP) is -0.160. The van der Waals surface area contributed by atoms with Gasteiger partial charge in [0.05, 0.1) is 6.42 Å². The molecule has 1 amide bonds. The van der Waals surface area contributed by atoms with E-state index in [0.717, 1.165) is 5.56 Å². The maximum Gasteiger partial charge on any atom is 0.310 e. The second kappa shape index (κ2) is 4.99. The Morgan fingerprint density at radius 2 is 2.07 bits per heavy atom. The highest BCUT2D eigenvalue weighted by molar-refractivity contribution is 5.80. The highest BCUT2D eigenvalue weighted by atomic mass is 16.5. The van der Waals surface area contributed by atoms with Crippen molar-refractivity contribution >= 4 is 17.6 Å². The lowest BCUT2D eigenvalue weighted by atomic mass is 10.1. The number of primary amides is 1. The average Bonchev–Trinajstić information content (AvgIpc) is 2.15. The van der Waals surface area contributed by atoms with Gasteiger partial charge in [0.15, 0.2) is 6.61 Å². The SMILES string of the molecule is NC(=O)COC(=O)Cc1cccc(N)c1. The maximum atomic E-state index is 11.2. The van der Waals surface area contributed by atoms with Crippen LogP contribution in [0.1, 0.15) is 5.56 Å². The summed E-state index contributed by atoms with van der Waals surface area (Å²) in [6, 6.07) is 6.89. The molecule has 0 aliphatic rings. The molecule has 80 valence electrons. The van der Waals surface area contributed by atoms with Crippen molar-refractivity contribution in [2.75, 3.05) is 12.3 Å². The smallest absolute Gasteiger partial charge is 0.310 e. The van der Waals surface area contributed by atoms with Crippen LogP contribution in [0.3, 0.4) is 0 Å². The first kappa shape index (κ1) is 11.0. The van der Waals surface area contributed by atoms with E-state index in [-0.39, 0.29) is 13.0 Å². The van der Waals surface area contributed by atoms with Crippen molar-refractivity contribution < 1.29 is 14.3 Å². The maximum absolute atomic E-state index is 11.2. The summed E-state index contributed by atoms with van der Waals surface area (Å²) in [5, 5.41) is 0. The number of rotatable bonds is 4. The zero-order valence-corrected chi connectivity index (χ0v) is 8.10. The van der Waals surface area contributed by atoms with E-state index in [1.807, 2.05) is 0 Å². The number of carbonyl (C=O) groups is 2. The van der Waals surface area contributed by atoms with Crippen molar-refractivity contribution in [1.82, 2.24) is 0 Å². The van der Waals surface area contributed by atoms with Crippen molar-refractivity contribution in [2.24, 2.45) is 5.73 Å². The Kier molecular flexibility index (Phi) is 3.68. The van der Waals surface area contributed by atoms with Crippen molar-refractivity contribution in [3.63, 3.8) is 0 Å². The largest absolute Gasteiger partial charge is 0.455 e. The summed E-state index contributed by atoms with van der Waals surface area (Å²) in [6.07, 6.45) is 0.0817. The lowest BCUT2D eigenvalue weighted by molar-refractivity contribution is -0.147. The minimum atomic E-state index is -0.670. The van der Waals surface area contributed by atoms with Gasteiger partial charge in [-0.2, -0.15) is 0 Å². The molecule has 15 heavy (non-hydrogen) atoms. The average molecular weight is 208 g/mol. The molecule has 0 unspecified atom stereocenters. The standard InChI is InChI=1S/C10H12N2O3/c11-8-3-1-2-7(4-8)5-10(14)15-6-9(12)13/h1-4H,5-6,11H2,(H2,12,13). The molecule has 5 nitrogen and oxygen atoms in total. The molecule has 0 aromatic heterocycles. The number of anilines is 1. The minimum absolute atomic E-state index is 0.0817. The summed E-state index contributed by atoms with van der Waals surface area (Å²) in [7, 11) is 0. The topological polar surface area (TPSA) is 95.4 Å². The van der Waals surface area contributed by atoms with E-state index in [1.165, 1.54) is 0 Å². The third-order valence-corrected chi connectivity index (χ3v) is 1.67. The van der Waals surface area contributed by atoms with Crippen LogP contribution in [0.4, 0.5) is 5.69 Å². The number of carbonyl (C=O) groups excluding carboxylic acids is 2. The van der Waals surface area contributed by atoms with Crippen LogP contribution in [0, 0.1) is 0 Å².